The van der Waals surface area contributed by atoms with E-state index in [0.29, 0.717) is 17.9 Å². The molecule has 7 heteroatoms. The molecule has 0 fully saturated rings. The van der Waals surface area contributed by atoms with Gasteiger partial charge in [0, 0.05) is 4.92 Å². The fraction of sp³-hybridized carbons (Fsp3) is 0.278. The lowest BCUT2D eigenvalue weighted by atomic mass is 9.96. The van der Waals surface area contributed by atoms with Gasteiger partial charge in [-0.2, -0.15) is 0 Å². The summed E-state index contributed by atoms with van der Waals surface area (Å²) in [6, 6.07) is 14.2. The number of rotatable bonds is 9. The molecular weight excluding hydrogens is 326 g/mol. The molecule has 0 aliphatic rings. The van der Waals surface area contributed by atoms with Crippen LogP contribution in [0.2, 0.25) is 0 Å². The van der Waals surface area contributed by atoms with Crippen molar-refractivity contribution in [1.29, 1.82) is 0 Å². The van der Waals surface area contributed by atoms with Crippen LogP contribution in [0.4, 0.5) is 0 Å². The standard InChI is InChI=1S/C18H19NO6/c1-24-16-6-2-13(3-7-16)12-25-17-8-4-14(5-9-17)15(10-18(20)21)11-19(22)23/h2-9,15H,10-12H2,1H3,(H,20,21). The van der Waals surface area contributed by atoms with Crippen molar-refractivity contribution < 1.29 is 24.3 Å². The fourth-order valence-corrected chi connectivity index (χ4v) is 2.40. The quantitative estimate of drug-likeness (QED) is 0.554. The maximum Gasteiger partial charge on any atom is 0.304 e. The molecule has 7 nitrogen and oxygen atoms in total. The SMILES string of the molecule is COc1ccc(COc2ccc(C(CC(=O)O)C[N+](=O)[O-])cc2)cc1. The Morgan fingerprint density at radius 2 is 1.72 bits per heavy atom. The van der Waals surface area contributed by atoms with Crippen LogP contribution in [-0.4, -0.2) is 29.7 Å². The zero-order chi connectivity index (χ0) is 18.2. The number of benzene rings is 2. The lowest BCUT2D eigenvalue weighted by molar-refractivity contribution is -0.483. The van der Waals surface area contributed by atoms with Crippen LogP contribution in [-0.2, 0) is 11.4 Å². The average molecular weight is 345 g/mol. The van der Waals surface area contributed by atoms with Crippen LogP contribution in [0.3, 0.4) is 0 Å². The smallest absolute Gasteiger partial charge is 0.304 e. The predicted molar refractivity (Wildman–Crippen MR) is 90.6 cm³/mol. The summed E-state index contributed by atoms with van der Waals surface area (Å²) >= 11 is 0. The molecule has 0 spiro atoms. The van der Waals surface area contributed by atoms with Crippen LogP contribution in [0.1, 0.15) is 23.5 Å². The van der Waals surface area contributed by atoms with Crippen molar-refractivity contribution in [3.63, 3.8) is 0 Å². The number of nitrogens with zero attached hydrogens (tertiary/aromatic N) is 1. The maximum atomic E-state index is 10.9. The summed E-state index contributed by atoms with van der Waals surface area (Å²) in [6.45, 7) is -0.0465. The summed E-state index contributed by atoms with van der Waals surface area (Å²) < 4.78 is 10.8. The van der Waals surface area contributed by atoms with Gasteiger partial charge in [-0.3, -0.25) is 14.9 Å². The van der Waals surface area contributed by atoms with Crippen molar-refractivity contribution in [2.45, 2.75) is 18.9 Å². The second kappa shape index (κ2) is 8.68. The van der Waals surface area contributed by atoms with Gasteiger partial charge in [0.2, 0.25) is 6.54 Å². The number of ether oxygens (including phenoxy) is 2. The van der Waals surface area contributed by atoms with Gasteiger partial charge in [-0.1, -0.05) is 24.3 Å². The van der Waals surface area contributed by atoms with Gasteiger partial charge < -0.3 is 14.6 Å². The molecule has 0 aliphatic carbocycles. The maximum absolute atomic E-state index is 10.9. The summed E-state index contributed by atoms with van der Waals surface area (Å²) in [7, 11) is 1.60. The Morgan fingerprint density at radius 3 is 2.24 bits per heavy atom. The normalized spacial score (nSPS) is 11.6. The van der Waals surface area contributed by atoms with Gasteiger partial charge in [0.05, 0.1) is 19.4 Å². The number of carboxylic acids is 1. The molecule has 1 N–H and O–H groups in total. The van der Waals surface area contributed by atoms with Crippen molar-refractivity contribution >= 4 is 5.97 Å². The molecular formula is C18H19NO6. The van der Waals surface area contributed by atoms with Crippen molar-refractivity contribution in [1.82, 2.24) is 0 Å². The van der Waals surface area contributed by atoms with Crippen LogP contribution in [0.5, 0.6) is 11.5 Å². The van der Waals surface area contributed by atoms with Crippen LogP contribution >= 0.6 is 0 Å². The Balaban J connectivity index is 1.99. The topological polar surface area (TPSA) is 98.9 Å². The molecule has 1 atom stereocenters. The number of carboxylic acid groups (broad SMARTS) is 1. The molecule has 2 aromatic carbocycles. The summed E-state index contributed by atoms with van der Waals surface area (Å²) in [4.78, 5) is 21.1. The minimum absolute atomic E-state index is 0.285. The van der Waals surface area contributed by atoms with Gasteiger partial charge >= 0.3 is 5.97 Å². The first-order chi connectivity index (χ1) is 12.0. The van der Waals surface area contributed by atoms with Gasteiger partial charge in [-0.05, 0) is 35.4 Å². The van der Waals surface area contributed by atoms with E-state index in [0.717, 1.165) is 11.3 Å². The minimum Gasteiger partial charge on any atom is -0.497 e. The van der Waals surface area contributed by atoms with Crippen molar-refractivity contribution in [2.24, 2.45) is 0 Å². The summed E-state index contributed by atoms with van der Waals surface area (Å²) in [5, 5.41) is 19.6. The number of carbonyl (C=O) groups is 1. The molecule has 0 aromatic heterocycles. The zero-order valence-corrected chi connectivity index (χ0v) is 13.8. The third-order valence-corrected chi connectivity index (χ3v) is 3.71. The minimum atomic E-state index is -1.06. The number of methoxy groups -OCH3 is 1. The molecule has 0 radical (unpaired) electrons. The highest BCUT2D eigenvalue weighted by Crippen LogP contribution is 2.23. The number of hydrogen-bond acceptors (Lipinski definition) is 5. The molecule has 25 heavy (non-hydrogen) atoms. The zero-order valence-electron chi connectivity index (χ0n) is 13.8. The van der Waals surface area contributed by atoms with E-state index < -0.39 is 23.4 Å². The van der Waals surface area contributed by atoms with Gasteiger partial charge in [0.1, 0.15) is 18.1 Å². The Labute approximate surface area is 145 Å². The number of nitro groups is 1. The lowest BCUT2D eigenvalue weighted by Gasteiger charge is -2.12. The first-order valence-electron chi connectivity index (χ1n) is 7.67. The Kier molecular flexibility index (Phi) is 6.33. The summed E-state index contributed by atoms with van der Waals surface area (Å²) in [6.07, 6.45) is -0.285. The van der Waals surface area contributed by atoms with Gasteiger partial charge in [-0.15, -0.1) is 0 Å². The Hall–Kier alpha value is -3.09. The fourth-order valence-electron chi connectivity index (χ4n) is 2.40. The van der Waals surface area contributed by atoms with Gasteiger partial charge in [0.15, 0.2) is 0 Å². The molecule has 0 heterocycles. The summed E-state index contributed by atoms with van der Waals surface area (Å²) in [5.41, 5.74) is 1.58. The van der Waals surface area contributed by atoms with Crippen molar-refractivity contribution in [3.8, 4) is 11.5 Å². The molecule has 0 bridgehead atoms. The summed E-state index contributed by atoms with van der Waals surface area (Å²) in [5.74, 6) is -0.354. The Bertz CT molecular complexity index is 695. The molecule has 0 saturated carbocycles. The second-order valence-corrected chi connectivity index (χ2v) is 5.52. The number of hydrogen-bond donors (Lipinski definition) is 1. The van der Waals surface area contributed by atoms with E-state index in [1.54, 1.807) is 31.4 Å². The highest BCUT2D eigenvalue weighted by atomic mass is 16.6. The van der Waals surface area contributed by atoms with Crippen LogP contribution < -0.4 is 9.47 Å². The van der Waals surface area contributed by atoms with E-state index >= 15 is 0 Å². The highest BCUT2D eigenvalue weighted by Gasteiger charge is 2.21. The van der Waals surface area contributed by atoms with Crippen LogP contribution in [0.15, 0.2) is 48.5 Å². The first-order valence-corrected chi connectivity index (χ1v) is 7.67. The van der Waals surface area contributed by atoms with Gasteiger partial charge in [-0.25, -0.2) is 0 Å². The van der Waals surface area contributed by atoms with E-state index in [1.165, 1.54) is 0 Å². The molecule has 132 valence electrons. The van der Waals surface area contributed by atoms with Crippen LogP contribution in [0.25, 0.3) is 0 Å². The second-order valence-electron chi connectivity index (χ2n) is 5.52. The third kappa shape index (κ3) is 5.80. The largest absolute Gasteiger partial charge is 0.497 e. The first kappa shape index (κ1) is 18.3. The molecule has 0 aliphatic heterocycles. The van der Waals surface area contributed by atoms with E-state index in [2.05, 4.69) is 0 Å². The average Bonchev–Trinajstić information content (AvgIpc) is 2.59. The van der Waals surface area contributed by atoms with Crippen molar-refractivity contribution in [2.75, 3.05) is 13.7 Å². The third-order valence-electron chi connectivity index (χ3n) is 3.71. The van der Waals surface area contributed by atoms with Crippen molar-refractivity contribution in [3.05, 3.63) is 69.8 Å². The number of aliphatic carboxylic acids is 1. The molecule has 1 unspecified atom stereocenters. The van der Waals surface area contributed by atoms with Crippen LogP contribution in [0, 0.1) is 10.1 Å². The highest BCUT2D eigenvalue weighted by molar-refractivity contribution is 5.68. The predicted octanol–water partition coefficient (Wildman–Crippen LogP) is 3.11. The van der Waals surface area contributed by atoms with Gasteiger partial charge in [0.25, 0.3) is 0 Å². The van der Waals surface area contributed by atoms with E-state index in [9.17, 15) is 14.9 Å². The molecule has 0 saturated heterocycles. The van der Waals surface area contributed by atoms with E-state index in [-0.39, 0.29) is 6.42 Å². The molecule has 2 aromatic rings. The van der Waals surface area contributed by atoms with E-state index in [4.69, 9.17) is 14.6 Å². The molecule has 0 amide bonds. The Morgan fingerprint density at radius 1 is 1.12 bits per heavy atom. The monoisotopic (exact) mass is 345 g/mol. The van der Waals surface area contributed by atoms with E-state index in [1.807, 2.05) is 24.3 Å². The molecule has 2 rings (SSSR count). The lowest BCUT2D eigenvalue weighted by Crippen LogP contribution is -2.16.